The van der Waals surface area contributed by atoms with Gasteiger partial charge in [-0.25, -0.2) is 8.42 Å². The van der Waals surface area contributed by atoms with Crippen molar-refractivity contribution in [3.8, 4) is 11.1 Å². The van der Waals surface area contributed by atoms with Gasteiger partial charge < -0.3 is 5.32 Å². The van der Waals surface area contributed by atoms with Gasteiger partial charge in [0.15, 0.2) is 0 Å². The molecule has 1 fully saturated rings. The van der Waals surface area contributed by atoms with Gasteiger partial charge in [-0.1, -0.05) is 30.3 Å². The minimum absolute atomic E-state index is 0.217. The largest absolute Gasteiger partial charge is 0.325 e. The third kappa shape index (κ3) is 3.73. The minimum Gasteiger partial charge on any atom is -0.325 e. The zero-order valence-corrected chi connectivity index (χ0v) is 16.7. The van der Waals surface area contributed by atoms with Gasteiger partial charge in [-0.2, -0.15) is 15.6 Å². The van der Waals surface area contributed by atoms with Crippen LogP contribution in [0.15, 0.2) is 76.3 Å². The molecular formula is C21H20N2O3S2. The van der Waals surface area contributed by atoms with Crippen molar-refractivity contribution in [2.75, 3.05) is 11.9 Å². The number of benzene rings is 2. The minimum atomic E-state index is -3.69. The molecule has 1 saturated heterocycles. The van der Waals surface area contributed by atoms with E-state index >= 15 is 0 Å². The molecule has 1 amide bonds. The second-order valence-corrected chi connectivity index (χ2v) is 9.34. The highest BCUT2D eigenvalue weighted by molar-refractivity contribution is 7.89. The molecule has 144 valence electrons. The molecule has 28 heavy (non-hydrogen) atoms. The van der Waals surface area contributed by atoms with Crippen LogP contribution in [0.25, 0.3) is 11.1 Å². The average molecular weight is 413 g/mol. The summed E-state index contributed by atoms with van der Waals surface area (Å²) >= 11 is 1.61. The number of nitrogens with zero attached hydrogens (tertiary/aromatic N) is 1. The molecule has 0 saturated carbocycles. The third-order valence-electron chi connectivity index (χ3n) is 4.84. The number of anilines is 1. The highest BCUT2D eigenvalue weighted by Gasteiger charge is 2.39. The van der Waals surface area contributed by atoms with Crippen LogP contribution in [0.3, 0.4) is 0 Å². The van der Waals surface area contributed by atoms with E-state index in [-0.39, 0.29) is 10.8 Å². The summed E-state index contributed by atoms with van der Waals surface area (Å²) in [6.07, 6.45) is 1.18. The van der Waals surface area contributed by atoms with Crippen molar-refractivity contribution in [3.63, 3.8) is 0 Å². The lowest BCUT2D eigenvalue weighted by atomic mass is 10.1. The van der Waals surface area contributed by atoms with Crippen molar-refractivity contribution in [3.05, 3.63) is 71.4 Å². The Bertz CT molecular complexity index is 1060. The number of sulfonamides is 1. The predicted octanol–water partition coefficient (Wildman–Crippen LogP) is 4.21. The normalized spacial score (nSPS) is 17.5. The van der Waals surface area contributed by atoms with Gasteiger partial charge in [0.2, 0.25) is 15.9 Å². The quantitative estimate of drug-likeness (QED) is 0.683. The van der Waals surface area contributed by atoms with Gasteiger partial charge in [-0.05, 0) is 65.1 Å². The molecule has 0 spiro atoms. The molecule has 1 atom stereocenters. The molecule has 2 heterocycles. The highest BCUT2D eigenvalue weighted by Crippen LogP contribution is 2.28. The van der Waals surface area contributed by atoms with Crippen LogP contribution >= 0.6 is 11.3 Å². The Morgan fingerprint density at radius 2 is 1.86 bits per heavy atom. The Morgan fingerprint density at radius 3 is 2.61 bits per heavy atom. The number of rotatable bonds is 5. The van der Waals surface area contributed by atoms with Gasteiger partial charge >= 0.3 is 0 Å². The Labute approximate surface area is 168 Å². The molecule has 5 nitrogen and oxygen atoms in total. The number of hydrogen-bond donors (Lipinski definition) is 1. The Kier molecular flexibility index (Phi) is 5.30. The summed E-state index contributed by atoms with van der Waals surface area (Å²) in [5.74, 6) is -0.292. The summed E-state index contributed by atoms with van der Waals surface area (Å²) in [5, 5.41) is 6.95. The molecule has 1 N–H and O–H groups in total. The lowest BCUT2D eigenvalue weighted by molar-refractivity contribution is -0.119. The van der Waals surface area contributed by atoms with E-state index < -0.39 is 16.1 Å². The summed E-state index contributed by atoms with van der Waals surface area (Å²) in [6.45, 7) is 0.351. The maximum atomic E-state index is 13.0. The van der Waals surface area contributed by atoms with Gasteiger partial charge in [-0.3, -0.25) is 4.79 Å². The highest BCUT2D eigenvalue weighted by atomic mass is 32.2. The second-order valence-electron chi connectivity index (χ2n) is 6.67. The molecule has 1 aromatic heterocycles. The lowest BCUT2D eigenvalue weighted by Gasteiger charge is -2.23. The Balaban J connectivity index is 1.54. The first-order chi connectivity index (χ1) is 13.6. The zero-order valence-electron chi connectivity index (χ0n) is 15.1. The van der Waals surface area contributed by atoms with Crippen molar-refractivity contribution in [1.29, 1.82) is 0 Å². The topological polar surface area (TPSA) is 66.5 Å². The summed E-state index contributed by atoms with van der Waals surface area (Å²) < 4.78 is 27.2. The Hall–Kier alpha value is -2.48. The monoisotopic (exact) mass is 412 g/mol. The lowest BCUT2D eigenvalue weighted by Crippen LogP contribution is -2.43. The van der Waals surface area contributed by atoms with Gasteiger partial charge in [0, 0.05) is 12.2 Å². The summed E-state index contributed by atoms with van der Waals surface area (Å²) in [5.41, 5.74) is 2.77. The predicted molar refractivity (Wildman–Crippen MR) is 112 cm³/mol. The molecule has 3 aromatic rings. The van der Waals surface area contributed by atoms with E-state index in [1.54, 1.807) is 41.7 Å². The van der Waals surface area contributed by atoms with Crippen LogP contribution in [0.1, 0.15) is 12.8 Å². The van der Waals surface area contributed by atoms with Crippen LogP contribution < -0.4 is 5.32 Å². The fourth-order valence-corrected chi connectivity index (χ4v) is 5.79. The van der Waals surface area contributed by atoms with Crippen LogP contribution in [-0.4, -0.2) is 31.2 Å². The second kappa shape index (κ2) is 7.87. The van der Waals surface area contributed by atoms with Crippen LogP contribution in [0.4, 0.5) is 5.69 Å². The van der Waals surface area contributed by atoms with Gasteiger partial charge in [-0.15, -0.1) is 0 Å². The van der Waals surface area contributed by atoms with E-state index in [0.717, 1.165) is 11.1 Å². The molecule has 1 aliphatic heterocycles. The summed E-state index contributed by atoms with van der Waals surface area (Å²) in [6, 6.07) is 17.2. The van der Waals surface area contributed by atoms with E-state index in [4.69, 9.17) is 0 Å². The fourth-order valence-electron chi connectivity index (χ4n) is 3.45. The van der Waals surface area contributed by atoms with E-state index in [9.17, 15) is 13.2 Å². The van der Waals surface area contributed by atoms with E-state index in [2.05, 4.69) is 5.32 Å². The molecule has 0 bridgehead atoms. The number of carbonyl (C=O) groups excluding carboxylic acids is 1. The summed E-state index contributed by atoms with van der Waals surface area (Å²) in [4.78, 5) is 13.1. The molecule has 4 rings (SSSR count). The van der Waals surface area contributed by atoms with Crippen LogP contribution in [0.5, 0.6) is 0 Å². The van der Waals surface area contributed by atoms with Crippen molar-refractivity contribution >= 4 is 33.0 Å². The SMILES string of the molecule is O=C(Nc1cccc(-c2ccsc2)c1)C1CCCN1S(=O)(=O)c1ccccc1. The van der Waals surface area contributed by atoms with E-state index in [1.165, 1.54) is 4.31 Å². The maximum absolute atomic E-state index is 13.0. The molecular weight excluding hydrogens is 392 g/mol. The number of hydrogen-bond acceptors (Lipinski definition) is 4. The number of amides is 1. The molecule has 0 aliphatic carbocycles. The molecule has 7 heteroatoms. The first-order valence-corrected chi connectivity index (χ1v) is 11.4. The van der Waals surface area contributed by atoms with Crippen LogP contribution in [0, 0.1) is 0 Å². The zero-order chi connectivity index (χ0) is 19.6. The molecule has 1 aliphatic rings. The van der Waals surface area contributed by atoms with Crippen molar-refractivity contribution in [1.82, 2.24) is 4.31 Å². The maximum Gasteiger partial charge on any atom is 0.243 e. The smallest absolute Gasteiger partial charge is 0.243 e. The van der Waals surface area contributed by atoms with Crippen molar-refractivity contribution in [2.24, 2.45) is 0 Å². The fraction of sp³-hybridized carbons (Fsp3) is 0.190. The standard InChI is InChI=1S/C21H20N2O3S2/c24-21(22-18-7-4-6-16(14-18)17-11-13-27-15-17)20-10-5-12-23(20)28(25,26)19-8-2-1-3-9-19/h1-4,6-9,11,13-15,20H,5,10,12H2,(H,22,24). The third-order valence-corrected chi connectivity index (χ3v) is 7.45. The average Bonchev–Trinajstić information content (AvgIpc) is 3.41. The van der Waals surface area contributed by atoms with E-state index in [0.29, 0.717) is 25.1 Å². The van der Waals surface area contributed by atoms with Crippen molar-refractivity contribution < 1.29 is 13.2 Å². The van der Waals surface area contributed by atoms with Crippen LogP contribution in [0.2, 0.25) is 0 Å². The number of carbonyl (C=O) groups is 1. The number of nitrogens with one attached hydrogen (secondary N) is 1. The first kappa shape index (κ1) is 18.9. The van der Waals surface area contributed by atoms with Crippen molar-refractivity contribution in [2.45, 2.75) is 23.8 Å². The van der Waals surface area contributed by atoms with Crippen LogP contribution in [-0.2, 0) is 14.8 Å². The van der Waals surface area contributed by atoms with Gasteiger partial charge in [0.1, 0.15) is 6.04 Å². The number of thiophene rings is 1. The molecule has 0 radical (unpaired) electrons. The first-order valence-electron chi connectivity index (χ1n) is 9.06. The molecule has 2 aromatic carbocycles. The van der Waals surface area contributed by atoms with E-state index in [1.807, 2.05) is 41.1 Å². The Morgan fingerprint density at radius 1 is 1.04 bits per heavy atom. The molecule has 1 unspecified atom stereocenters. The summed E-state index contributed by atoms with van der Waals surface area (Å²) in [7, 11) is -3.69. The van der Waals surface area contributed by atoms with Gasteiger partial charge in [0.05, 0.1) is 4.90 Å². The van der Waals surface area contributed by atoms with Gasteiger partial charge in [0.25, 0.3) is 0 Å².